The third kappa shape index (κ3) is 9.25. The summed E-state index contributed by atoms with van der Waals surface area (Å²) in [4.78, 5) is 48.6. The van der Waals surface area contributed by atoms with E-state index >= 15 is 0 Å². The lowest BCUT2D eigenvalue weighted by Gasteiger charge is -2.64. The van der Waals surface area contributed by atoms with Gasteiger partial charge in [-0.1, -0.05) is 20.8 Å². The van der Waals surface area contributed by atoms with E-state index in [1.807, 2.05) is 0 Å². The summed E-state index contributed by atoms with van der Waals surface area (Å²) in [5, 5.41) is 0. The largest absolute Gasteiger partial charge is 0.490 e. The number of ether oxygens (including phenoxy) is 4. The van der Waals surface area contributed by atoms with Crippen LogP contribution in [0.1, 0.15) is 78.6 Å². The van der Waals surface area contributed by atoms with Gasteiger partial charge in [0.1, 0.15) is 18.3 Å². The lowest BCUT2D eigenvalue weighted by molar-refractivity contribution is -0.313. The van der Waals surface area contributed by atoms with Crippen molar-refractivity contribution in [1.29, 1.82) is 0 Å². The maximum atomic E-state index is 13.7. The fourth-order valence-corrected chi connectivity index (χ4v) is 10.2. The third-order valence-corrected chi connectivity index (χ3v) is 12.5. The summed E-state index contributed by atoms with van der Waals surface area (Å²) < 4.78 is 217. The molecule has 4 aliphatic rings. The molecule has 56 heavy (non-hydrogen) atoms. The lowest BCUT2D eigenvalue weighted by Crippen LogP contribution is -2.66. The fourth-order valence-electron chi connectivity index (χ4n) is 10.2. The van der Waals surface area contributed by atoms with Gasteiger partial charge in [0.25, 0.3) is 6.10 Å². The number of halogens is 15. The minimum atomic E-state index is -5.97. The topological polar surface area (TPSA) is 105 Å². The Balaban J connectivity index is 1.70. The molecule has 0 spiro atoms. The zero-order valence-corrected chi connectivity index (χ0v) is 29.6. The van der Waals surface area contributed by atoms with E-state index in [1.54, 1.807) is 6.92 Å². The number of hydrogen-bond donors (Lipinski definition) is 0. The van der Waals surface area contributed by atoms with E-state index < -0.39 is 138 Å². The van der Waals surface area contributed by atoms with Gasteiger partial charge in [-0.25, -0.2) is 14.4 Å². The van der Waals surface area contributed by atoms with E-state index in [2.05, 4.69) is 9.47 Å². The van der Waals surface area contributed by atoms with E-state index in [1.165, 1.54) is 13.8 Å². The standard InChI is InChI=1S/C33H37F15O8/c1-13(4-7-19(49)54-23(29(34,35)36)30(37,38)39)15-5-6-16-20-17(9-11-27(15,16)2)28(3)10-8-14(53-24(50)31(40,41)42)12-18(28)21(55-25(51)32(43,44)45)22(20)56-26(52)33(46,47)48/h13-18,20-23H,4-12H2,1-3H3/t13?,14-,15-,16+,17+,18+,20+,21-,22+,27-,28-/m1/s1. The third-order valence-electron chi connectivity index (χ3n) is 12.5. The second-order valence-electron chi connectivity index (χ2n) is 15.6. The second kappa shape index (κ2) is 15.2. The molecule has 4 aliphatic carbocycles. The number of carbonyl (C=O) groups excluding carboxylic acids is 4. The first-order valence-corrected chi connectivity index (χ1v) is 17.4. The van der Waals surface area contributed by atoms with Crippen LogP contribution in [0.4, 0.5) is 65.9 Å². The molecular formula is C33H37F15O8. The highest BCUT2D eigenvalue weighted by Gasteiger charge is 2.69. The van der Waals surface area contributed by atoms with Crippen molar-refractivity contribution in [3.8, 4) is 0 Å². The molecule has 0 bridgehead atoms. The number of esters is 4. The number of fused-ring (bicyclic) bond motifs is 5. The average molecular weight is 847 g/mol. The van der Waals surface area contributed by atoms with Crippen molar-refractivity contribution in [2.24, 2.45) is 46.3 Å². The predicted octanol–water partition coefficient (Wildman–Crippen LogP) is 8.74. The van der Waals surface area contributed by atoms with Gasteiger partial charge in [0.05, 0.1) is 0 Å². The van der Waals surface area contributed by atoms with Crippen molar-refractivity contribution in [1.82, 2.24) is 0 Å². The minimum absolute atomic E-state index is 0.0573. The molecular weight excluding hydrogens is 809 g/mol. The molecule has 23 heteroatoms. The van der Waals surface area contributed by atoms with Crippen LogP contribution in [0.2, 0.25) is 0 Å². The molecule has 4 fully saturated rings. The highest BCUT2D eigenvalue weighted by atomic mass is 19.4. The monoisotopic (exact) mass is 846 g/mol. The second-order valence-corrected chi connectivity index (χ2v) is 15.6. The SMILES string of the molecule is CC(CCC(=O)OC(C(F)(F)F)C(F)(F)F)[C@H]1CC[C@H]2[C@@H]3[C@H](OC(=O)C(F)(F)F)[C@H](OC(=O)C(F)(F)F)[C@@H]4C[C@H](OC(=O)C(F)(F)F)CC[C@]4(C)[C@H]3CC[C@]12C. The Labute approximate surface area is 308 Å². The van der Waals surface area contributed by atoms with Crippen LogP contribution < -0.4 is 0 Å². The highest BCUT2D eigenvalue weighted by Crippen LogP contribution is 2.69. The van der Waals surface area contributed by atoms with Crippen molar-refractivity contribution in [3.05, 3.63) is 0 Å². The van der Waals surface area contributed by atoms with Crippen LogP contribution in [0.5, 0.6) is 0 Å². The van der Waals surface area contributed by atoms with Gasteiger partial charge >= 0.3 is 54.8 Å². The van der Waals surface area contributed by atoms with Crippen LogP contribution in [0, 0.1) is 46.3 Å². The summed E-state index contributed by atoms with van der Waals surface area (Å²) in [7, 11) is 0. The number of rotatable bonds is 8. The Morgan fingerprint density at radius 2 is 1.07 bits per heavy atom. The van der Waals surface area contributed by atoms with Crippen LogP contribution in [0.15, 0.2) is 0 Å². The van der Waals surface area contributed by atoms with Gasteiger partial charge in [0.2, 0.25) is 0 Å². The zero-order valence-electron chi connectivity index (χ0n) is 29.6. The van der Waals surface area contributed by atoms with Crippen LogP contribution in [0.3, 0.4) is 0 Å². The van der Waals surface area contributed by atoms with E-state index in [4.69, 9.17) is 9.47 Å². The summed E-state index contributed by atoms with van der Waals surface area (Å²) in [6.07, 6.45) is -41.5. The van der Waals surface area contributed by atoms with Crippen molar-refractivity contribution in [3.63, 3.8) is 0 Å². The van der Waals surface area contributed by atoms with Gasteiger partial charge in [-0.15, -0.1) is 0 Å². The van der Waals surface area contributed by atoms with Gasteiger partial charge in [-0.05, 0) is 85.9 Å². The molecule has 4 saturated carbocycles. The van der Waals surface area contributed by atoms with E-state index in [-0.39, 0.29) is 44.9 Å². The normalized spacial score (nSPS) is 34.4. The molecule has 0 amide bonds. The molecule has 0 heterocycles. The molecule has 4 rings (SSSR count). The maximum Gasteiger partial charge on any atom is 0.490 e. The molecule has 0 aromatic heterocycles. The Morgan fingerprint density at radius 1 is 0.607 bits per heavy atom. The van der Waals surface area contributed by atoms with E-state index in [0.717, 1.165) is 0 Å². The quantitative estimate of drug-likeness (QED) is 0.136. The zero-order chi connectivity index (χ0) is 42.8. The Kier molecular flexibility index (Phi) is 12.4. The van der Waals surface area contributed by atoms with Crippen LogP contribution in [0.25, 0.3) is 0 Å². The molecule has 0 aromatic rings. The summed E-state index contributed by atoms with van der Waals surface area (Å²) in [5.41, 5.74) is -2.33. The molecule has 1 unspecified atom stereocenters. The summed E-state index contributed by atoms with van der Waals surface area (Å²) >= 11 is 0. The smallest absolute Gasteiger partial charge is 0.456 e. The summed E-state index contributed by atoms with van der Waals surface area (Å²) in [6, 6.07) is 0. The fraction of sp³-hybridized carbons (Fsp3) is 0.879. The average Bonchev–Trinajstić information content (AvgIpc) is 3.39. The molecule has 11 atom stereocenters. The Hall–Kier alpha value is -3.17. The van der Waals surface area contributed by atoms with Gasteiger partial charge in [0.15, 0.2) is 0 Å². The van der Waals surface area contributed by atoms with Crippen LogP contribution in [-0.2, 0) is 38.1 Å². The number of hydrogen-bond acceptors (Lipinski definition) is 8. The molecule has 0 saturated heterocycles. The van der Waals surface area contributed by atoms with Crippen molar-refractivity contribution < 1.29 is 104 Å². The van der Waals surface area contributed by atoms with Crippen LogP contribution in [-0.4, -0.2) is 79.2 Å². The molecule has 8 nitrogen and oxygen atoms in total. The summed E-state index contributed by atoms with van der Waals surface area (Å²) in [5.74, 6) is -16.0. The van der Waals surface area contributed by atoms with Crippen molar-refractivity contribution >= 4 is 23.9 Å². The van der Waals surface area contributed by atoms with Crippen molar-refractivity contribution in [2.45, 2.75) is 134 Å². The van der Waals surface area contributed by atoms with Gasteiger partial charge in [-0.2, -0.15) is 65.9 Å². The molecule has 0 N–H and O–H groups in total. The Bertz CT molecular complexity index is 1470. The first kappa shape index (κ1) is 45.5. The molecule has 0 aromatic carbocycles. The molecule has 0 aliphatic heterocycles. The molecule has 322 valence electrons. The summed E-state index contributed by atoms with van der Waals surface area (Å²) in [6.45, 7) is 4.65. The minimum Gasteiger partial charge on any atom is -0.456 e. The first-order valence-electron chi connectivity index (χ1n) is 17.4. The van der Waals surface area contributed by atoms with E-state index in [0.29, 0.717) is 0 Å². The van der Waals surface area contributed by atoms with E-state index in [9.17, 15) is 85.0 Å². The highest BCUT2D eigenvalue weighted by molar-refractivity contribution is 5.77. The predicted molar refractivity (Wildman–Crippen MR) is 154 cm³/mol. The van der Waals surface area contributed by atoms with Gasteiger partial charge in [-0.3, -0.25) is 4.79 Å². The first-order chi connectivity index (χ1) is 25.2. The number of carbonyl (C=O) groups is 4. The van der Waals surface area contributed by atoms with Crippen LogP contribution >= 0.6 is 0 Å². The Morgan fingerprint density at radius 3 is 1.57 bits per heavy atom. The van der Waals surface area contributed by atoms with Crippen molar-refractivity contribution in [2.75, 3.05) is 0 Å². The lowest BCUT2D eigenvalue weighted by atomic mass is 9.43. The molecule has 0 radical (unpaired) electrons. The maximum absolute atomic E-state index is 13.7. The van der Waals surface area contributed by atoms with Gasteiger partial charge in [0, 0.05) is 18.3 Å². The number of alkyl halides is 15. The van der Waals surface area contributed by atoms with Gasteiger partial charge < -0.3 is 18.9 Å².